The zero-order valence-electron chi connectivity index (χ0n) is 62.8. The Morgan fingerprint density at radius 3 is 0.977 bits per heavy atom. The van der Waals surface area contributed by atoms with Crippen LogP contribution in [0.25, 0.3) is 0 Å². The number of hydrogen-bond acceptors (Lipinski definition) is 4. The summed E-state index contributed by atoms with van der Waals surface area (Å²) in [4.78, 5) is 14.9. The molecule has 0 spiro atoms. The Morgan fingerprint density at radius 1 is 0.453 bits per heavy atom. The Kier molecular flexibility index (Phi) is 34.0. The molecule has 86 heavy (non-hydrogen) atoms. The van der Waals surface area contributed by atoms with E-state index in [0.29, 0.717) is 0 Å². The van der Waals surface area contributed by atoms with Gasteiger partial charge in [0.1, 0.15) is 0 Å². The first-order chi connectivity index (χ1) is 39.5. The highest BCUT2D eigenvalue weighted by atomic mass is 15.0. The van der Waals surface area contributed by atoms with Crippen LogP contribution in [0.4, 0.5) is 5.69 Å². The number of hydrogen-bond donors (Lipinski definition) is 0. The van der Waals surface area contributed by atoms with Crippen molar-refractivity contribution in [2.75, 3.05) is 21.1 Å². The molecule has 7 rings (SSSR count). The van der Waals surface area contributed by atoms with E-state index in [-0.39, 0.29) is 11.0 Å². The van der Waals surface area contributed by atoms with Gasteiger partial charge in [0.05, 0.1) is 11.2 Å². The number of fused-ring (bicyclic) bond motifs is 2. The highest BCUT2D eigenvalue weighted by Gasteiger charge is 2.28. The molecule has 0 saturated heterocycles. The second kappa shape index (κ2) is 36.4. The fraction of sp³-hybridized carbons (Fsp3) is 0.524. The van der Waals surface area contributed by atoms with Crippen LogP contribution in [-0.4, -0.2) is 49.7 Å². The molecular weight excluding hydrogens is 1040 g/mol. The molecule has 0 atom stereocenters. The van der Waals surface area contributed by atoms with Gasteiger partial charge in [-0.05, 0) is 385 Å². The van der Waals surface area contributed by atoms with E-state index in [1.165, 1.54) is 158 Å². The average Bonchev–Trinajstić information content (AvgIpc) is 2.44. The zero-order valence-corrected chi connectivity index (χ0v) is 62.8. The summed E-state index contributed by atoms with van der Waals surface area (Å²) in [6, 6.07) is 13.1. The van der Waals surface area contributed by atoms with Crippen molar-refractivity contribution in [1.82, 2.24) is 4.90 Å². The lowest BCUT2D eigenvalue weighted by Crippen LogP contribution is -2.08. The van der Waals surface area contributed by atoms with E-state index in [9.17, 15) is 0 Å². The van der Waals surface area contributed by atoms with E-state index in [1.807, 2.05) is 57.5 Å². The van der Waals surface area contributed by atoms with Crippen LogP contribution in [0.2, 0.25) is 0 Å². The number of nitrogens with zero attached hydrogens (tertiary/aromatic N) is 4. The molecule has 0 saturated carbocycles. The summed E-state index contributed by atoms with van der Waals surface area (Å²) < 4.78 is 0. The molecule has 0 N–H and O–H groups in total. The van der Waals surface area contributed by atoms with Crippen molar-refractivity contribution < 1.29 is 0 Å². The molecule has 4 heteroatoms. The summed E-state index contributed by atoms with van der Waals surface area (Å²) in [6.45, 7) is 73.9. The number of allylic oxidation sites excluding steroid dienone is 5. The van der Waals surface area contributed by atoms with Crippen LogP contribution in [0.15, 0.2) is 85.9 Å². The van der Waals surface area contributed by atoms with E-state index in [4.69, 9.17) is 4.99 Å². The lowest BCUT2D eigenvalue weighted by atomic mass is 9.90. The first-order valence-electron chi connectivity index (χ1n) is 31.8. The van der Waals surface area contributed by atoms with E-state index >= 15 is 0 Å². The first-order valence-corrected chi connectivity index (χ1v) is 31.8. The van der Waals surface area contributed by atoms with Crippen LogP contribution in [-0.2, 0) is 19.3 Å². The van der Waals surface area contributed by atoms with Gasteiger partial charge in [0.15, 0.2) is 0 Å². The minimum absolute atomic E-state index is 0.120. The van der Waals surface area contributed by atoms with Gasteiger partial charge >= 0.3 is 0 Å². The van der Waals surface area contributed by atoms with E-state index < -0.39 is 0 Å². The molecule has 1 aliphatic carbocycles. The Bertz CT molecular complexity index is 2930. The smallest absolute Gasteiger partial charge is 0.0703 e. The monoisotopic (exact) mass is 1170 g/mol. The molecule has 0 bridgehead atoms. The van der Waals surface area contributed by atoms with Crippen molar-refractivity contribution in [3.05, 3.63) is 199 Å². The van der Waals surface area contributed by atoms with Crippen LogP contribution >= 0.6 is 0 Å². The predicted molar refractivity (Wildman–Crippen MR) is 393 cm³/mol. The highest BCUT2D eigenvalue weighted by Crippen LogP contribution is 2.40. The summed E-state index contributed by atoms with van der Waals surface area (Å²) in [5.74, 6) is 0.739. The predicted octanol–water partition coefficient (Wildman–Crippen LogP) is 23.3. The third-order valence-electron chi connectivity index (χ3n) is 18.3. The van der Waals surface area contributed by atoms with Crippen molar-refractivity contribution in [3.63, 3.8) is 0 Å². The molecular formula is C82H128N4. The van der Waals surface area contributed by atoms with E-state index in [2.05, 4.69) is 268 Å². The first kappa shape index (κ1) is 80.1. The third kappa shape index (κ3) is 25.1. The van der Waals surface area contributed by atoms with Gasteiger partial charge < -0.3 is 9.89 Å². The Hall–Kier alpha value is -5.87. The van der Waals surface area contributed by atoms with Crippen molar-refractivity contribution >= 4 is 23.8 Å². The van der Waals surface area contributed by atoms with Gasteiger partial charge in [-0.3, -0.25) is 9.98 Å². The minimum atomic E-state index is 0.120. The van der Waals surface area contributed by atoms with Crippen molar-refractivity contribution in [1.29, 1.82) is 0 Å². The van der Waals surface area contributed by atoms with Crippen LogP contribution < -0.4 is 0 Å². The maximum Gasteiger partial charge on any atom is 0.0703 e. The minimum Gasteiger partial charge on any atom is -0.384 e. The molecule has 5 aromatic rings. The number of benzene rings is 5. The summed E-state index contributed by atoms with van der Waals surface area (Å²) in [6.07, 6.45) is 11.3. The standard InChI is InChI=1S/C18H26.C17H23N.3C10H14.2C6H13N.C5H11N/c1-10(2)11(3)16-8-17-14(6)12(4)13(5)15(7)18(17)9-16;1-9(2)10(3)16-8-15-13(6)11(4)12(5)14(7)17(15)18-16;3*1-7-5-6-8(2)10(4)9(7)3;1-6(2,3)5-7-4;1-5-7-6(2,3)4;1-4-5-6(2)3/h16H,8-9H2,1-7H3;8H2,1-7H3;3*5-6H,1-4H3;2*5H,1-4H3;4-5H,1-3H3/b;;;;;;;5-4+. The summed E-state index contributed by atoms with van der Waals surface area (Å²) in [7, 11) is 5.80. The van der Waals surface area contributed by atoms with E-state index in [0.717, 1.165) is 12.3 Å². The topological polar surface area (TPSA) is 40.3 Å². The fourth-order valence-electron chi connectivity index (χ4n) is 10.2. The quantitative estimate of drug-likeness (QED) is 0.131. The van der Waals surface area contributed by atoms with Crippen LogP contribution in [0.5, 0.6) is 0 Å². The molecule has 1 heterocycles. The molecule has 5 aromatic carbocycles. The maximum atomic E-state index is 4.89. The second-order valence-corrected chi connectivity index (χ2v) is 27.5. The van der Waals surface area contributed by atoms with Crippen molar-refractivity contribution in [2.24, 2.45) is 26.3 Å². The zero-order chi connectivity index (χ0) is 67.2. The Morgan fingerprint density at radius 2 is 0.767 bits per heavy atom. The number of aryl methyl sites for hydroxylation is 6. The van der Waals surface area contributed by atoms with Gasteiger partial charge in [0, 0.05) is 39.5 Å². The van der Waals surface area contributed by atoms with Gasteiger partial charge in [0.25, 0.3) is 0 Å². The van der Waals surface area contributed by atoms with Crippen LogP contribution in [0, 0.1) is 150 Å². The Balaban J connectivity index is 0.000000993. The summed E-state index contributed by atoms with van der Waals surface area (Å²) >= 11 is 0. The van der Waals surface area contributed by atoms with Gasteiger partial charge in [-0.1, -0.05) is 80.0 Å². The Labute approximate surface area is 532 Å². The number of aliphatic imine (C=N–C) groups is 3. The molecule has 0 radical (unpaired) electrons. The lowest BCUT2D eigenvalue weighted by molar-refractivity contribution is 0.563. The second-order valence-electron chi connectivity index (χ2n) is 27.5. The molecule has 1 aliphatic heterocycles. The normalized spacial score (nSPS) is 12.2. The molecule has 476 valence electrons. The van der Waals surface area contributed by atoms with Crippen molar-refractivity contribution in [3.8, 4) is 0 Å². The van der Waals surface area contributed by atoms with Gasteiger partial charge in [0.2, 0.25) is 0 Å². The maximum absolute atomic E-state index is 4.89. The van der Waals surface area contributed by atoms with Gasteiger partial charge in [-0.25, -0.2) is 0 Å². The SMILES string of the molecule is C/C=C/N(C)C.CC(C)=C(C)C1=Nc2c(C)c(C)c(C)c(C)c2C1.CC(C)=C(C)C1Cc2c(C)c(C)c(C)c(C)c2C1.CC=NC(C)(C)C.CN=CC(C)(C)C.Cc1ccc(C)c(C)c1C.Cc1ccc(C)c(C)c1C.Cc1ccc(C)c(C)c1C. The highest BCUT2D eigenvalue weighted by molar-refractivity contribution is 6.07. The molecule has 0 unspecified atom stereocenters. The van der Waals surface area contributed by atoms with Crippen LogP contribution in [0.1, 0.15) is 225 Å². The van der Waals surface area contributed by atoms with Crippen LogP contribution in [0.3, 0.4) is 0 Å². The van der Waals surface area contributed by atoms with Gasteiger partial charge in [-0.15, -0.1) is 0 Å². The third-order valence-corrected chi connectivity index (χ3v) is 18.3. The summed E-state index contributed by atoms with van der Waals surface area (Å²) in [5, 5.41) is 0. The molecule has 0 fully saturated rings. The lowest BCUT2D eigenvalue weighted by Gasteiger charge is -2.15. The average molecular weight is 1170 g/mol. The molecule has 0 aromatic heterocycles. The molecule has 0 amide bonds. The fourth-order valence-corrected chi connectivity index (χ4v) is 10.2. The van der Waals surface area contributed by atoms with Gasteiger partial charge in [-0.2, -0.15) is 0 Å². The number of rotatable bonds is 3. The summed E-state index contributed by atoms with van der Waals surface area (Å²) in [5.41, 5.74) is 42.0. The molecule has 4 nitrogen and oxygen atoms in total. The van der Waals surface area contributed by atoms with Crippen molar-refractivity contribution in [2.45, 2.75) is 260 Å². The molecule has 2 aliphatic rings. The van der Waals surface area contributed by atoms with E-state index in [1.54, 1.807) is 23.7 Å². The largest absolute Gasteiger partial charge is 0.384 e.